The molecular formula is C13H13F3O. The van der Waals surface area contributed by atoms with E-state index in [2.05, 4.69) is 0 Å². The van der Waals surface area contributed by atoms with Crippen molar-refractivity contribution in [3.63, 3.8) is 0 Å². The molecule has 0 N–H and O–H groups in total. The molecular weight excluding hydrogens is 229 g/mol. The second-order valence-electron chi connectivity index (χ2n) is 4.39. The van der Waals surface area contributed by atoms with Gasteiger partial charge < -0.3 is 0 Å². The van der Waals surface area contributed by atoms with E-state index in [9.17, 15) is 18.0 Å². The minimum Gasteiger partial charge on any atom is -0.299 e. The van der Waals surface area contributed by atoms with E-state index in [-0.39, 0.29) is 24.5 Å². The van der Waals surface area contributed by atoms with Crippen LogP contribution in [-0.2, 0) is 11.2 Å². The summed E-state index contributed by atoms with van der Waals surface area (Å²) in [5, 5.41) is 0. The summed E-state index contributed by atoms with van der Waals surface area (Å²) >= 11 is 0. The standard InChI is InChI=1S/C13H13F3O/c14-13(15,16)7-3-6-12(17)11-8-9-4-1-2-5-10(9)11/h1-2,4-5,11H,3,6-8H2. The zero-order valence-electron chi connectivity index (χ0n) is 9.26. The topological polar surface area (TPSA) is 17.1 Å². The fraction of sp³-hybridized carbons (Fsp3) is 0.462. The van der Waals surface area contributed by atoms with Crippen LogP contribution in [0, 0.1) is 0 Å². The Labute approximate surface area is 97.6 Å². The highest BCUT2D eigenvalue weighted by Crippen LogP contribution is 2.36. The molecule has 1 aromatic carbocycles. The largest absolute Gasteiger partial charge is 0.389 e. The molecule has 2 rings (SSSR count). The van der Waals surface area contributed by atoms with Crippen LogP contribution < -0.4 is 0 Å². The predicted molar refractivity (Wildman–Crippen MR) is 57.8 cm³/mol. The van der Waals surface area contributed by atoms with Gasteiger partial charge >= 0.3 is 6.18 Å². The third-order valence-corrected chi connectivity index (χ3v) is 3.13. The zero-order chi connectivity index (χ0) is 12.5. The number of carbonyl (C=O) groups excluding carboxylic acids is 1. The van der Waals surface area contributed by atoms with Gasteiger partial charge in [0.15, 0.2) is 0 Å². The van der Waals surface area contributed by atoms with Gasteiger partial charge in [0, 0.05) is 18.8 Å². The van der Waals surface area contributed by atoms with Crippen molar-refractivity contribution in [3.05, 3.63) is 35.4 Å². The van der Waals surface area contributed by atoms with Crippen molar-refractivity contribution < 1.29 is 18.0 Å². The van der Waals surface area contributed by atoms with Crippen LogP contribution in [-0.4, -0.2) is 12.0 Å². The number of carbonyl (C=O) groups is 1. The lowest BCUT2D eigenvalue weighted by Gasteiger charge is -2.28. The van der Waals surface area contributed by atoms with Gasteiger partial charge in [0.2, 0.25) is 0 Å². The molecule has 1 aliphatic carbocycles. The Hall–Kier alpha value is -1.32. The molecule has 0 aromatic heterocycles. The maximum Gasteiger partial charge on any atom is 0.389 e. The smallest absolute Gasteiger partial charge is 0.299 e. The molecule has 1 aromatic rings. The van der Waals surface area contributed by atoms with Crippen molar-refractivity contribution in [2.45, 2.75) is 37.8 Å². The Morgan fingerprint density at radius 1 is 1.29 bits per heavy atom. The van der Waals surface area contributed by atoms with E-state index in [1.807, 2.05) is 24.3 Å². The molecule has 0 aliphatic heterocycles. The Kier molecular flexibility index (Phi) is 3.22. The normalized spacial score (nSPS) is 18.4. The van der Waals surface area contributed by atoms with Crippen LogP contribution in [0.1, 0.15) is 36.3 Å². The quantitative estimate of drug-likeness (QED) is 0.788. The number of hydrogen-bond donors (Lipinski definition) is 0. The number of fused-ring (bicyclic) bond motifs is 1. The number of benzene rings is 1. The van der Waals surface area contributed by atoms with E-state index in [1.165, 1.54) is 0 Å². The SMILES string of the molecule is O=C(CCCC(F)(F)F)C1Cc2ccccc21. The van der Waals surface area contributed by atoms with Gasteiger partial charge in [-0.25, -0.2) is 0 Å². The van der Waals surface area contributed by atoms with Crippen LogP contribution in [0.3, 0.4) is 0 Å². The van der Waals surface area contributed by atoms with Crippen molar-refractivity contribution in [3.8, 4) is 0 Å². The summed E-state index contributed by atoms with van der Waals surface area (Å²) in [6.45, 7) is 0. The average Bonchev–Trinajstić information content (AvgIpc) is 2.18. The molecule has 1 unspecified atom stereocenters. The summed E-state index contributed by atoms with van der Waals surface area (Å²) in [6.07, 6.45) is -4.41. The fourth-order valence-electron chi connectivity index (χ4n) is 2.18. The molecule has 0 bridgehead atoms. The maximum absolute atomic E-state index is 11.9. The third kappa shape index (κ3) is 2.87. The van der Waals surface area contributed by atoms with E-state index >= 15 is 0 Å². The lowest BCUT2D eigenvalue weighted by atomic mass is 9.74. The minimum atomic E-state index is -4.15. The molecule has 17 heavy (non-hydrogen) atoms. The molecule has 92 valence electrons. The van der Waals surface area contributed by atoms with Gasteiger partial charge in [0.25, 0.3) is 0 Å². The van der Waals surface area contributed by atoms with E-state index in [0.29, 0.717) is 6.42 Å². The first-order valence-corrected chi connectivity index (χ1v) is 5.64. The third-order valence-electron chi connectivity index (χ3n) is 3.13. The summed E-state index contributed by atoms with van der Waals surface area (Å²) in [7, 11) is 0. The van der Waals surface area contributed by atoms with Gasteiger partial charge in [-0.3, -0.25) is 4.79 Å². The van der Waals surface area contributed by atoms with Crippen LogP contribution in [0.15, 0.2) is 24.3 Å². The van der Waals surface area contributed by atoms with Gasteiger partial charge in [-0.1, -0.05) is 24.3 Å². The van der Waals surface area contributed by atoms with Crippen molar-refractivity contribution in [1.82, 2.24) is 0 Å². The first-order chi connectivity index (χ1) is 7.97. The monoisotopic (exact) mass is 242 g/mol. The Balaban J connectivity index is 1.84. The Morgan fingerprint density at radius 3 is 2.65 bits per heavy atom. The molecule has 0 saturated heterocycles. The molecule has 0 radical (unpaired) electrons. The fourth-order valence-corrected chi connectivity index (χ4v) is 2.18. The molecule has 4 heteroatoms. The highest BCUT2D eigenvalue weighted by atomic mass is 19.4. The van der Waals surface area contributed by atoms with E-state index in [4.69, 9.17) is 0 Å². The van der Waals surface area contributed by atoms with Crippen LogP contribution in [0.2, 0.25) is 0 Å². The second kappa shape index (κ2) is 4.51. The van der Waals surface area contributed by atoms with Gasteiger partial charge in [-0.15, -0.1) is 0 Å². The molecule has 0 fully saturated rings. The van der Waals surface area contributed by atoms with Crippen molar-refractivity contribution in [1.29, 1.82) is 0 Å². The van der Waals surface area contributed by atoms with Crippen LogP contribution in [0.4, 0.5) is 13.2 Å². The summed E-state index contributed by atoms with van der Waals surface area (Å²) in [4.78, 5) is 11.7. The lowest BCUT2D eigenvalue weighted by molar-refractivity contribution is -0.137. The molecule has 0 saturated carbocycles. The molecule has 1 nitrogen and oxygen atoms in total. The molecule has 0 amide bonds. The number of hydrogen-bond acceptors (Lipinski definition) is 1. The lowest BCUT2D eigenvalue weighted by Crippen LogP contribution is -2.25. The highest BCUT2D eigenvalue weighted by Gasteiger charge is 2.32. The summed E-state index contributed by atoms with van der Waals surface area (Å²) < 4.78 is 35.8. The van der Waals surface area contributed by atoms with E-state index < -0.39 is 12.6 Å². The zero-order valence-corrected chi connectivity index (χ0v) is 9.26. The summed E-state index contributed by atoms with van der Waals surface area (Å²) in [5.41, 5.74) is 2.13. The van der Waals surface area contributed by atoms with E-state index in [0.717, 1.165) is 11.1 Å². The first-order valence-electron chi connectivity index (χ1n) is 5.64. The molecule has 1 aliphatic rings. The van der Waals surface area contributed by atoms with Gasteiger partial charge in [0.05, 0.1) is 0 Å². The molecule has 1 atom stereocenters. The Morgan fingerprint density at radius 2 is 2.00 bits per heavy atom. The maximum atomic E-state index is 11.9. The number of alkyl halides is 3. The molecule has 0 spiro atoms. The predicted octanol–water partition coefficient (Wildman–Crippen LogP) is 3.63. The summed E-state index contributed by atoms with van der Waals surface area (Å²) in [5.74, 6) is -0.229. The number of Topliss-reactive ketones (excluding diaryl/α,β-unsaturated/α-hetero) is 1. The molecule has 0 heterocycles. The van der Waals surface area contributed by atoms with Crippen LogP contribution >= 0.6 is 0 Å². The van der Waals surface area contributed by atoms with Crippen molar-refractivity contribution in [2.24, 2.45) is 0 Å². The van der Waals surface area contributed by atoms with Crippen molar-refractivity contribution in [2.75, 3.05) is 0 Å². The van der Waals surface area contributed by atoms with Crippen molar-refractivity contribution >= 4 is 5.78 Å². The average molecular weight is 242 g/mol. The van der Waals surface area contributed by atoms with E-state index in [1.54, 1.807) is 0 Å². The van der Waals surface area contributed by atoms with Gasteiger partial charge in [-0.2, -0.15) is 13.2 Å². The first kappa shape index (κ1) is 12.1. The number of ketones is 1. The number of halogens is 3. The highest BCUT2D eigenvalue weighted by molar-refractivity contribution is 5.88. The minimum absolute atomic E-state index is 0.0263. The van der Waals surface area contributed by atoms with Gasteiger partial charge in [0.1, 0.15) is 5.78 Å². The van der Waals surface area contributed by atoms with Crippen LogP contribution in [0.25, 0.3) is 0 Å². The summed E-state index contributed by atoms with van der Waals surface area (Å²) in [6, 6.07) is 7.59. The second-order valence-corrected chi connectivity index (χ2v) is 4.39. The van der Waals surface area contributed by atoms with Crippen LogP contribution in [0.5, 0.6) is 0 Å². The van der Waals surface area contributed by atoms with Gasteiger partial charge in [-0.05, 0) is 24.0 Å². The Bertz CT molecular complexity index is 423. The number of rotatable bonds is 4.